The zero-order valence-corrected chi connectivity index (χ0v) is 20.4. The SMILES string of the molecule is Cc1cccc(C)c1OC[C@H](O)C[NH+]1CCC(CN2C(=O)c3cccc4cccc(c34)C2=O)CC1. The lowest BCUT2D eigenvalue weighted by Crippen LogP contribution is -3.14. The Morgan fingerprint density at radius 3 is 2.11 bits per heavy atom. The fourth-order valence-corrected chi connectivity index (χ4v) is 5.58. The van der Waals surface area contributed by atoms with Crippen LogP contribution >= 0.6 is 0 Å². The van der Waals surface area contributed by atoms with Gasteiger partial charge in [-0.3, -0.25) is 14.5 Å². The van der Waals surface area contributed by atoms with E-state index in [1.807, 2.05) is 68.4 Å². The first kappa shape index (κ1) is 23.5. The van der Waals surface area contributed by atoms with E-state index in [1.54, 1.807) is 0 Å². The van der Waals surface area contributed by atoms with Crippen molar-refractivity contribution < 1.29 is 24.3 Å². The molecule has 0 unspecified atom stereocenters. The fourth-order valence-electron chi connectivity index (χ4n) is 5.58. The van der Waals surface area contributed by atoms with Gasteiger partial charge in [0.15, 0.2) is 0 Å². The Kier molecular flexibility index (Phi) is 6.58. The first-order valence-corrected chi connectivity index (χ1v) is 12.5. The van der Waals surface area contributed by atoms with E-state index in [1.165, 1.54) is 9.80 Å². The number of aryl methyl sites for hydroxylation is 2. The van der Waals surface area contributed by atoms with E-state index in [4.69, 9.17) is 4.74 Å². The van der Waals surface area contributed by atoms with Crippen molar-refractivity contribution in [3.05, 3.63) is 76.9 Å². The van der Waals surface area contributed by atoms with Crippen molar-refractivity contribution in [3.8, 4) is 5.75 Å². The van der Waals surface area contributed by atoms with Crippen LogP contribution in [-0.4, -0.2) is 60.7 Å². The number of hydrogen-bond donors (Lipinski definition) is 2. The number of ether oxygens (including phenoxy) is 1. The Bertz CT molecular complexity index is 1190. The number of piperidine rings is 1. The lowest BCUT2D eigenvalue weighted by atomic mass is 9.91. The van der Waals surface area contributed by atoms with Crippen molar-refractivity contribution in [2.75, 3.05) is 32.8 Å². The molecular formula is C29H33N2O4+. The molecule has 6 nitrogen and oxygen atoms in total. The third kappa shape index (κ3) is 4.68. The van der Waals surface area contributed by atoms with Gasteiger partial charge in [-0.05, 0) is 48.4 Å². The number of quaternary nitrogens is 1. The van der Waals surface area contributed by atoms with Crippen molar-refractivity contribution in [2.24, 2.45) is 5.92 Å². The van der Waals surface area contributed by atoms with Crippen LogP contribution in [0.2, 0.25) is 0 Å². The van der Waals surface area contributed by atoms with Crippen molar-refractivity contribution in [1.29, 1.82) is 0 Å². The number of carbonyl (C=O) groups is 2. The predicted molar refractivity (Wildman–Crippen MR) is 135 cm³/mol. The molecule has 1 atom stereocenters. The summed E-state index contributed by atoms with van der Waals surface area (Å²) in [5, 5.41) is 12.3. The molecule has 2 N–H and O–H groups in total. The predicted octanol–water partition coefficient (Wildman–Crippen LogP) is 2.79. The molecule has 5 rings (SSSR count). The fraction of sp³-hybridized carbons (Fsp3) is 0.379. The second-order valence-corrected chi connectivity index (χ2v) is 10.0. The molecule has 2 amide bonds. The summed E-state index contributed by atoms with van der Waals surface area (Å²) in [6.07, 6.45) is 1.30. The average Bonchev–Trinajstić information content (AvgIpc) is 2.86. The Morgan fingerprint density at radius 2 is 1.51 bits per heavy atom. The number of para-hydroxylation sites is 1. The van der Waals surface area contributed by atoms with E-state index >= 15 is 0 Å². The van der Waals surface area contributed by atoms with Crippen molar-refractivity contribution in [3.63, 3.8) is 0 Å². The topological polar surface area (TPSA) is 71.3 Å². The number of amides is 2. The summed E-state index contributed by atoms with van der Waals surface area (Å²) in [6.45, 7) is 7.22. The molecule has 0 saturated carbocycles. The maximum absolute atomic E-state index is 13.2. The zero-order chi connectivity index (χ0) is 24.5. The quantitative estimate of drug-likeness (QED) is 0.518. The Labute approximate surface area is 206 Å². The molecule has 1 saturated heterocycles. The molecule has 0 aliphatic carbocycles. The number of carbonyl (C=O) groups excluding carboxylic acids is 2. The van der Waals surface area contributed by atoms with Gasteiger partial charge in [0.25, 0.3) is 11.8 Å². The van der Waals surface area contributed by atoms with Crippen molar-refractivity contribution in [2.45, 2.75) is 32.8 Å². The summed E-state index contributed by atoms with van der Waals surface area (Å²) in [7, 11) is 0. The Morgan fingerprint density at radius 1 is 0.943 bits per heavy atom. The second-order valence-electron chi connectivity index (χ2n) is 10.0. The molecule has 0 aromatic heterocycles. The van der Waals surface area contributed by atoms with Gasteiger partial charge in [0.05, 0.1) is 13.1 Å². The van der Waals surface area contributed by atoms with Crippen LogP contribution < -0.4 is 9.64 Å². The maximum Gasteiger partial charge on any atom is 0.261 e. The standard InChI is InChI=1S/C29H32N2O4/c1-19-6-3-7-20(2)27(19)35-18-23(32)17-30-14-12-21(13-15-30)16-31-28(33)24-10-4-8-22-9-5-11-25(26(22)24)29(31)34/h3-11,21,23,32H,12-18H2,1-2H3/p+1/t23-/m1/s1. The van der Waals surface area contributed by atoms with Crippen LogP contribution in [0.3, 0.4) is 0 Å². The van der Waals surface area contributed by atoms with Gasteiger partial charge in [-0.1, -0.05) is 42.5 Å². The van der Waals surface area contributed by atoms with E-state index in [9.17, 15) is 14.7 Å². The summed E-state index contributed by atoms with van der Waals surface area (Å²) >= 11 is 0. The van der Waals surface area contributed by atoms with Gasteiger partial charge in [0.1, 0.15) is 25.0 Å². The van der Waals surface area contributed by atoms with Gasteiger partial charge < -0.3 is 14.7 Å². The van der Waals surface area contributed by atoms with Crippen LogP contribution in [0.25, 0.3) is 10.8 Å². The minimum absolute atomic E-state index is 0.187. The number of rotatable bonds is 7. The first-order chi connectivity index (χ1) is 16.9. The van der Waals surface area contributed by atoms with E-state index in [2.05, 4.69) is 0 Å². The van der Waals surface area contributed by atoms with E-state index in [-0.39, 0.29) is 24.3 Å². The molecule has 0 radical (unpaired) electrons. The third-order valence-corrected chi connectivity index (χ3v) is 7.46. The van der Waals surface area contributed by atoms with Gasteiger partial charge in [-0.2, -0.15) is 0 Å². The molecule has 3 aromatic carbocycles. The molecule has 0 spiro atoms. The van der Waals surface area contributed by atoms with Crippen LogP contribution in [0, 0.1) is 19.8 Å². The van der Waals surface area contributed by atoms with Crippen LogP contribution in [-0.2, 0) is 0 Å². The molecule has 2 heterocycles. The van der Waals surface area contributed by atoms with E-state index in [0.717, 1.165) is 53.6 Å². The molecule has 2 aliphatic heterocycles. The van der Waals surface area contributed by atoms with Gasteiger partial charge in [0.2, 0.25) is 0 Å². The number of hydrogen-bond acceptors (Lipinski definition) is 4. The zero-order valence-electron chi connectivity index (χ0n) is 20.4. The average molecular weight is 474 g/mol. The van der Waals surface area contributed by atoms with Crippen LogP contribution in [0.4, 0.5) is 0 Å². The number of imide groups is 1. The van der Waals surface area contributed by atoms with Crippen molar-refractivity contribution in [1.82, 2.24) is 4.90 Å². The van der Waals surface area contributed by atoms with E-state index in [0.29, 0.717) is 24.2 Å². The number of nitrogens with zero attached hydrogens (tertiary/aromatic N) is 1. The first-order valence-electron chi connectivity index (χ1n) is 12.5. The highest BCUT2D eigenvalue weighted by Gasteiger charge is 2.35. The van der Waals surface area contributed by atoms with E-state index < -0.39 is 6.10 Å². The minimum Gasteiger partial charge on any atom is -0.490 e. The van der Waals surface area contributed by atoms with Gasteiger partial charge in [-0.15, -0.1) is 0 Å². The Balaban J connectivity index is 1.15. The number of aliphatic hydroxyl groups excluding tert-OH is 1. The normalized spacial score (nSPS) is 20.8. The molecule has 6 heteroatoms. The lowest BCUT2D eigenvalue weighted by Gasteiger charge is -2.34. The number of likely N-dealkylation sites (tertiary alicyclic amines) is 1. The summed E-state index contributed by atoms with van der Waals surface area (Å²) in [6, 6.07) is 17.3. The molecule has 2 aliphatic rings. The Hall–Kier alpha value is -3.22. The third-order valence-electron chi connectivity index (χ3n) is 7.46. The minimum atomic E-state index is -0.539. The summed E-state index contributed by atoms with van der Waals surface area (Å²) in [5.41, 5.74) is 3.39. The molecule has 3 aromatic rings. The highest BCUT2D eigenvalue weighted by Crippen LogP contribution is 2.31. The lowest BCUT2D eigenvalue weighted by molar-refractivity contribution is -0.909. The number of nitrogens with one attached hydrogen (secondary N) is 1. The largest absolute Gasteiger partial charge is 0.490 e. The molecule has 0 bridgehead atoms. The van der Waals surface area contributed by atoms with Gasteiger partial charge in [-0.25, -0.2) is 0 Å². The van der Waals surface area contributed by atoms with Gasteiger partial charge >= 0.3 is 0 Å². The van der Waals surface area contributed by atoms with Crippen LogP contribution in [0.1, 0.15) is 44.7 Å². The molecule has 1 fully saturated rings. The second kappa shape index (κ2) is 9.80. The summed E-state index contributed by atoms with van der Waals surface area (Å²) in [4.78, 5) is 29.2. The van der Waals surface area contributed by atoms with Gasteiger partial charge in [0, 0.05) is 35.9 Å². The molecule has 182 valence electrons. The number of benzene rings is 3. The maximum atomic E-state index is 13.2. The smallest absolute Gasteiger partial charge is 0.261 e. The van der Waals surface area contributed by atoms with Crippen molar-refractivity contribution >= 4 is 22.6 Å². The highest BCUT2D eigenvalue weighted by molar-refractivity contribution is 6.25. The summed E-state index contributed by atoms with van der Waals surface area (Å²) in [5.74, 6) is 0.758. The van der Waals surface area contributed by atoms with Crippen LogP contribution in [0.15, 0.2) is 54.6 Å². The number of aliphatic hydroxyl groups is 1. The summed E-state index contributed by atoms with van der Waals surface area (Å²) < 4.78 is 5.92. The molecular weight excluding hydrogens is 440 g/mol. The monoisotopic (exact) mass is 473 g/mol. The highest BCUT2D eigenvalue weighted by atomic mass is 16.5. The van der Waals surface area contributed by atoms with Crippen LogP contribution in [0.5, 0.6) is 5.75 Å². The molecule has 35 heavy (non-hydrogen) atoms.